The summed E-state index contributed by atoms with van der Waals surface area (Å²) in [4.78, 5) is 11.5. The Kier molecular flexibility index (Phi) is 1.04. The summed E-state index contributed by atoms with van der Waals surface area (Å²) in [6.45, 7) is 4.20. The molecule has 2 bridgehead atoms. The van der Waals surface area contributed by atoms with E-state index in [9.17, 15) is 4.79 Å². The van der Waals surface area contributed by atoms with Crippen molar-refractivity contribution in [3.8, 4) is 0 Å². The van der Waals surface area contributed by atoms with Crippen molar-refractivity contribution in [3.63, 3.8) is 0 Å². The SMILES string of the molecule is CC1CC2CC(C)(C2)C1=O. The zero-order chi connectivity index (χ0) is 7.35. The van der Waals surface area contributed by atoms with E-state index in [2.05, 4.69) is 13.8 Å². The van der Waals surface area contributed by atoms with E-state index in [1.807, 2.05) is 0 Å². The molecule has 3 aliphatic rings. The molecule has 3 aliphatic carbocycles. The lowest BCUT2D eigenvalue weighted by molar-refractivity contribution is -0.148. The molecule has 10 heavy (non-hydrogen) atoms. The second-order valence-corrected chi connectivity index (χ2v) is 4.34. The Morgan fingerprint density at radius 1 is 1.50 bits per heavy atom. The van der Waals surface area contributed by atoms with Crippen LogP contribution in [0.5, 0.6) is 0 Å². The van der Waals surface area contributed by atoms with Gasteiger partial charge in [-0.25, -0.2) is 0 Å². The van der Waals surface area contributed by atoms with Crippen LogP contribution < -0.4 is 0 Å². The van der Waals surface area contributed by atoms with Crippen LogP contribution in [0.4, 0.5) is 0 Å². The predicted molar refractivity (Wildman–Crippen MR) is 39.6 cm³/mol. The molecule has 56 valence electrons. The van der Waals surface area contributed by atoms with Crippen molar-refractivity contribution in [1.82, 2.24) is 0 Å². The zero-order valence-electron chi connectivity index (χ0n) is 6.68. The summed E-state index contributed by atoms with van der Waals surface area (Å²) in [5.41, 5.74) is 0.113. The first kappa shape index (κ1) is 6.38. The van der Waals surface area contributed by atoms with Gasteiger partial charge < -0.3 is 0 Å². The van der Waals surface area contributed by atoms with Crippen molar-refractivity contribution in [2.24, 2.45) is 17.3 Å². The number of Topliss-reactive ketones (excluding diaryl/α,β-unsaturated/α-hetero) is 1. The summed E-state index contributed by atoms with van der Waals surface area (Å²) >= 11 is 0. The summed E-state index contributed by atoms with van der Waals surface area (Å²) in [6, 6.07) is 0. The van der Waals surface area contributed by atoms with Gasteiger partial charge in [0.25, 0.3) is 0 Å². The maximum Gasteiger partial charge on any atom is 0.141 e. The van der Waals surface area contributed by atoms with Gasteiger partial charge in [-0.1, -0.05) is 13.8 Å². The first-order chi connectivity index (χ1) is 4.62. The fourth-order valence-electron chi connectivity index (χ4n) is 2.78. The van der Waals surface area contributed by atoms with Crippen LogP contribution in [0.1, 0.15) is 33.1 Å². The Balaban J connectivity index is 2.22. The van der Waals surface area contributed by atoms with E-state index in [1.54, 1.807) is 0 Å². The number of carbonyl (C=O) groups excluding carboxylic acids is 1. The minimum absolute atomic E-state index is 0.113. The third-order valence-electron chi connectivity index (χ3n) is 3.21. The van der Waals surface area contributed by atoms with Gasteiger partial charge in [0.05, 0.1) is 0 Å². The Labute approximate surface area is 61.8 Å². The molecule has 1 atom stereocenters. The van der Waals surface area contributed by atoms with Crippen molar-refractivity contribution in [3.05, 3.63) is 0 Å². The minimum atomic E-state index is 0.113. The van der Waals surface area contributed by atoms with Crippen molar-refractivity contribution < 1.29 is 4.79 Å². The largest absolute Gasteiger partial charge is 0.299 e. The Morgan fingerprint density at radius 3 is 2.50 bits per heavy atom. The highest BCUT2D eigenvalue weighted by Crippen LogP contribution is 2.54. The maximum absolute atomic E-state index is 11.5. The maximum atomic E-state index is 11.5. The molecule has 0 radical (unpaired) electrons. The highest BCUT2D eigenvalue weighted by Gasteiger charge is 2.52. The normalized spacial score (nSPS) is 52.4. The third kappa shape index (κ3) is 0.609. The zero-order valence-corrected chi connectivity index (χ0v) is 6.68. The molecule has 3 fully saturated rings. The fraction of sp³-hybridized carbons (Fsp3) is 0.889. The third-order valence-corrected chi connectivity index (χ3v) is 3.21. The van der Waals surface area contributed by atoms with Crippen LogP contribution in [0.15, 0.2) is 0 Å². The number of fused-ring (bicyclic) bond motifs is 2. The Morgan fingerprint density at radius 2 is 2.10 bits per heavy atom. The average molecular weight is 138 g/mol. The van der Waals surface area contributed by atoms with Crippen LogP contribution in [0.2, 0.25) is 0 Å². The molecule has 0 aromatic heterocycles. The number of rotatable bonds is 0. The lowest BCUT2D eigenvalue weighted by atomic mass is 9.52. The smallest absolute Gasteiger partial charge is 0.141 e. The Bertz CT molecular complexity index is 174. The predicted octanol–water partition coefficient (Wildman–Crippen LogP) is 2.01. The molecule has 3 saturated carbocycles. The quantitative estimate of drug-likeness (QED) is 0.500. The number of carbonyl (C=O) groups is 1. The van der Waals surface area contributed by atoms with Crippen LogP contribution in [0.3, 0.4) is 0 Å². The summed E-state index contributed by atoms with van der Waals surface area (Å²) in [5, 5.41) is 0. The van der Waals surface area contributed by atoms with E-state index in [0.717, 1.165) is 12.3 Å². The van der Waals surface area contributed by atoms with Crippen LogP contribution in [0, 0.1) is 17.3 Å². The van der Waals surface area contributed by atoms with Gasteiger partial charge in [0.15, 0.2) is 0 Å². The molecule has 0 aromatic rings. The average Bonchev–Trinajstić information content (AvgIpc) is 1.78. The highest BCUT2D eigenvalue weighted by molar-refractivity contribution is 5.88. The summed E-state index contributed by atoms with van der Waals surface area (Å²) < 4.78 is 0. The van der Waals surface area contributed by atoms with E-state index in [0.29, 0.717) is 11.7 Å². The molecule has 0 aliphatic heterocycles. The lowest BCUT2D eigenvalue weighted by Crippen LogP contribution is -2.50. The number of hydrogen-bond donors (Lipinski definition) is 0. The monoisotopic (exact) mass is 138 g/mol. The van der Waals surface area contributed by atoms with Crippen LogP contribution in [-0.2, 0) is 4.79 Å². The molecule has 1 unspecified atom stereocenters. The first-order valence-corrected chi connectivity index (χ1v) is 4.16. The van der Waals surface area contributed by atoms with Crippen LogP contribution in [-0.4, -0.2) is 5.78 Å². The van der Waals surface area contributed by atoms with Gasteiger partial charge in [-0.05, 0) is 25.2 Å². The van der Waals surface area contributed by atoms with Crippen molar-refractivity contribution in [2.45, 2.75) is 33.1 Å². The van der Waals surface area contributed by atoms with Crippen molar-refractivity contribution >= 4 is 5.78 Å². The van der Waals surface area contributed by atoms with Crippen LogP contribution in [0.25, 0.3) is 0 Å². The van der Waals surface area contributed by atoms with E-state index < -0.39 is 0 Å². The Hall–Kier alpha value is -0.330. The van der Waals surface area contributed by atoms with E-state index in [1.165, 1.54) is 12.8 Å². The molecular formula is C9H14O. The topological polar surface area (TPSA) is 17.1 Å². The van der Waals surface area contributed by atoms with Gasteiger partial charge in [-0.2, -0.15) is 0 Å². The molecule has 3 rings (SSSR count). The molecule has 0 spiro atoms. The summed E-state index contributed by atoms with van der Waals surface area (Å²) in [7, 11) is 0. The summed E-state index contributed by atoms with van der Waals surface area (Å²) in [6.07, 6.45) is 3.51. The van der Waals surface area contributed by atoms with Crippen molar-refractivity contribution in [1.29, 1.82) is 0 Å². The van der Waals surface area contributed by atoms with E-state index in [4.69, 9.17) is 0 Å². The molecule has 1 heteroatoms. The fourth-order valence-corrected chi connectivity index (χ4v) is 2.78. The van der Waals surface area contributed by atoms with Crippen LogP contribution >= 0.6 is 0 Å². The molecule has 0 heterocycles. The highest BCUT2D eigenvalue weighted by atomic mass is 16.1. The number of ketones is 1. The molecular weight excluding hydrogens is 124 g/mol. The van der Waals surface area contributed by atoms with Gasteiger partial charge >= 0.3 is 0 Å². The first-order valence-electron chi connectivity index (χ1n) is 4.16. The molecule has 0 aromatic carbocycles. The van der Waals surface area contributed by atoms with Gasteiger partial charge in [0.1, 0.15) is 5.78 Å². The molecule has 0 amide bonds. The molecule has 0 saturated heterocycles. The number of hydrogen-bond acceptors (Lipinski definition) is 1. The standard InChI is InChI=1S/C9H14O/c1-6-3-7-4-9(2,5-7)8(6)10/h6-7H,3-5H2,1-2H3. The van der Waals surface area contributed by atoms with E-state index in [-0.39, 0.29) is 5.41 Å². The van der Waals surface area contributed by atoms with Crippen molar-refractivity contribution in [2.75, 3.05) is 0 Å². The van der Waals surface area contributed by atoms with Gasteiger partial charge in [0.2, 0.25) is 0 Å². The summed E-state index contributed by atoms with van der Waals surface area (Å²) in [5.74, 6) is 1.77. The molecule has 0 N–H and O–H groups in total. The van der Waals surface area contributed by atoms with E-state index >= 15 is 0 Å². The van der Waals surface area contributed by atoms with Gasteiger partial charge in [0, 0.05) is 11.3 Å². The second kappa shape index (κ2) is 1.63. The minimum Gasteiger partial charge on any atom is -0.299 e. The second-order valence-electron chi connectivity index (χ2n) is 4.34. The lowest BCUT2D eigenvalue weighted by Gasteiger charge is -2.51. The van der Waals surface area contributed by atoms with Gasteiger partial charge in [-0.3, -0.25) is 4.79 Å². The van der Waals surface area contributed by atoms with Gasteiger partial charge in [-0.15, -0.1) is 0 Å². The molecule has 1 nitrogen and oxygen atoms in total.